The fourth-order valence-corrected chi connectivity index (χ4v) is 4.35. The van der Waals surface area contributed by atoms with Crippen LogP contribution in [0.5, 0.6) is 0 Å². The van der Waals surface area contributed by atoms with Crippen molar-refractivity contribution in [2.75, 3.05) is 0 Å². The summed E-state index contributed by atoms with van der Waals surface area (Å²) in [5, 5.41) is 3.87. The summed E-state index contributed by atoms with van der Waals surface area (Å²) in [5.74, 6) is 0. The Morgan fingerprint density at radius 1 is 1.10 bits per heavy atom. The maximum absolute atomic E-state index is 3.87. The van der Waals surface area contributed by atoms with E-state index in [1.54, 1.807) is 0 Å². The molecule has 112 valence electrons. The zero-order valence-electron chi connectivity index (χ0n) is 14.1. The topological polar surface area (TPSA) is 12.0 Å². The molecule has 1 heteroatoms. The average Bonchev–Trinajstić information content (AvgIpc) is 2.24. The maximum Gasteiger partial charge on any atom is 0.0294 e. The van der Waals surface area contributed by atoms with E-state index in [0.29, 0.717) is 22.9 Å². The van der Waals surface area contributed by atoms with Crippen molar-refractivity contribution < 1.29 is 0 Å². The first-order valence-electron chi connectivity index (χ1n) is 8.00. The quantitative estimate of drug-likeness (QED) is 0.793. The molecule has 2 rings (SSSR count). The highest BCUT2D eigenvalue weighted by Crippen LogP contribution is 2.46. The van der Waals surface area contributed by atoms with Crippen LogP contribution >= 0.6 is 0 Å². The second-order valence-electron chi connectivity index (χ2n) is 8.41. The van der Waals surface area contributed by atoms with E-state index in [4.69, 9.17) is 0 Å². The van der Waals surface area contributed by atoms with E-state index in [1.165, 1.54) is 30.4 Å². The summed E-state index contributed by atoms with van der Waals surface area (Å²) in [7, 11) is 0. The van der Waals surface area contributed by atoms with Crippen molar-refractivity contribution in [1.82, 2.24) is 5.32 Å². The second kappa shape index (κ2) is 5.52. The van der Waals surface area contributed by atoms with Crippen LogP contribution in [0.3, 0.4) is 0 Å². The molecule has 1 aromatic carbocycles. The van der Waals surface area contributed by atoms with Gasteiger partial charge >= 0.3 is 0 Å². The lowest BCUT2D eigenvalue weighted by molar-refractivity contribution is 0.0811. The van der Waals surface area contributed by atoms with Gasteiger partial charge in [-0.2, -0.15) is 0 Å². The molecule has 0 heterocycles. The van der Waals surface area contributed by atoms with Crippen molar-refractivity contribution in [2.24, 2.45) is 10.8 Å². The van der Waals surface area contributed by atoms with Gasteiger partial charge in [0.15, 0.2) is 0 Å². The van der Waals surface area contributed by atoms with E-state index in [1.807, 2.05) is 0 Å². The molecule has 0 spiro atoms. The molecule has 1 saturated carbocycles. The van der Waals surface area contributed by atoms with Crippen LogP contribution < -0.4 is 5.32 Å². The largest absolute Gasteiger partial charge is 0.307 e. The van der Waals surface area contributed by atoms with Crippen LogP contribution in [0.2, 0.25) is 0 Å². The van der Waals surface area contributed by atoms with Crippen molar-refractivity contribution in [3.63, 3.8) is 0 Å². The summed E-state index contributed by atoms with van der Waals surface area (Å²) in [6, 6.07) is 9.94. The predicted octanol–water partition coefficient (Wildman–Crippen LogP) is 5.25. The first kappa shape index (κ1) is 15.6. The van der Waals surface area contributed by atoms with Crippen LogP contribution in [0.15, 0.2) is 24.3 Å². The molecule has 1 unspecified atom stereocenters. The van der Waals surface area contributed by atoms with E-state index >= 15 is 0 Å². The Labute approximate surface area is 125 Å². The monoisotopic (exact) mass is 273 g/mol. The Morgan fingerprint density at radius 2 is 1.70 bits per heavy atom. The predicted molar refractivity (Wildman–Crippen MR) is 87.9 cm³/mol. The Kier molecular flexibility index (Phi) is 4.30. The highest BCUT2D eigenvalue weighted by Gasteiger charge is 2.38. The number of benzene rings is 1. The lowest BCUT2D eigenvalue weighted by atomic mass is 9.63. The highest BCUT2D eigenvalue weighted by atomic mass is 15.0. The average molecular weight is 273 g/mol. The first-order valence-corrected chi connectivity index (χ1v) is 8.00. The molecule has 0 aromatic heterocycles. The first-order chi connectivity index (χ1) is 9.17. The van der Waals surface area contributed by atoms with E-state index in [2.05, 4.69) is 71.1 Å². The molecule has 0 aliphatic heterocycles. The van der Waals surface area contributed by atoms with Crippen molar-refractivity contribution in [2.45, 2.75) is 72.9 Å². The van der Waals surface area contributed by atoms with Crippen molar-refractivity contribution in [3.05, 3.63) is 35.4 Å². The third-order valence-corrected chi connectivity index (χ3v) is 4.58. The minimum Gasteiger partial charge on any atom is -0.307 e. The summed E-state index contributed by atoms with van der Waals surface area (Å²) in [6.45, 7) is 14.1. The molecule has 0 radical (unpaired) electrons. The second-order valence-corrected chi connectivity index (χ2v) is 8.41. The zero-order valence-corrected chi connectivity index (χ0v) is 14.1. The van der Waals surface area contributed by atoms with Crippen LogP contribution in [0.1, 0.15) is 71.0 Å². The maximum atomic E-state index is 3.87. The number of rotatable bonds is 3. The number of hydrogen-bond acceptors (Lipinski definition) is 1. The summed E-state index contributed by atoms with van der Waals surface area (Å²) in [6.07, 6.45) is 3.90. The van der Waals surface area contributed by atoms with Gasteiger partial charge in [-0.25, -0.2) is 0 Å². The van der Waals surface area contributed by atoms with Gasteiger partial charge in [-0.05, 0) is 49.5 Å². The highest BCUT2D eigenvalue weighted by molar-refractivity contribution is 5.24. The van der Waals surface area contributed by atoms with E-state index in [-0.39, 0.29) is 0 Å². The van der Waals surface area contributed by atoms with E-state index in [0.717, 1.165) is 0 Å². The molecule has 0 bridgehead atoms. The molecule has 1 aliphatic carbocycles. The van der Waals surface area contributed by atoms with Crippen LogP contribution in [-0.4, -0.2) is 6.04 Å². The number of nitrogens with one attached hydrogen (secondary N) is 1. The third-order valence-electron chi connectivity index (χ3n) is 4.58. The molecule has 0 saturated heterocycles. The van der Waals surface area contributed by atoms with Gasteiger partial charge in [-0.15, -0.1) is 0 Å². The van der Waals surface area contributed by atoms with Crippen molar-refractivity contribution >= 4 is 0 Å². The van der Waals surface area contributed by atoms with Crippen LogP contribution in [0, 0.1) is 17.8 Å². The summed E-state index contributed by atoms with van der Waals surface area (Å²) >= 11 is 0. The summed E-state index contributed by atoms with van der Waals surface area (Å²) in [4.78, 5) is 0. The standard InChI is InChI=1S/C19H31N/c1-14-8-7-9-16(10-14)15(2)20-17-11-18(3,4)13-19(5,6)12-17/h7-10,15,17,20H,11-13H2,1-6H3. The molecule has 1 fully saturated rings. The molecule has 20 heavy (non-hydrogen) atoms. The van der Waals surface area contributed by atoms with Gasteiger partial charge in [-0.3, -0.25) is 0 Å². The van der Waals surface area contributed by atoms with Crippen LogP contribution in [-0.2, 0) is 0 Å². The lowest BCUT2D eigenvalue weighted by Gasteiger charge is -2.46. The number of aryl methyl sites for hydroxylation is 1. The number of hydrogen-bond donors (Lipinski definition) is 1. The Balaban J connectivity index is 2.05. The lowest BCUT2D eigenvalue weighted by Crippen LogP contribution is -2.44. The van der Waals surface area contributed by atoms with E-state index in [9.17, 15) is 0 Å². The molecule has 1 aliphatic rings. The fourth-order valence-electron chi connectivity index (χ4n) is 4.35. The molecule has 1 aromatic rings. The molecular weight excluding hydrogens is 242 g/mol. The summed E-state index contributed by atoms with van der Waals surface area (Å²) in [5.41, 5.74) is 3.66. The van der Waals surface area contributed by atoms with Gasteiger partial charge in [0, 0.05) is 12.1 Å². The van der Waals surface area contributed by atoms with Crippen molar-refractivity contribution in [1.29, 1.82) is 0 Å². The Hall–Kier alpha value is -0.820. The molecule has 1 N–H and O–H groups in total. The molecule has 1 atom stereocenters. The van der Waals surface area contributed by atoms with E-state index < -0.39 is 0 Å². The molecule has 0 amide bonds. The van der Waals surface area contributed by atoms with Gasteiger partial charge in [-0.1, -0.05) is 57.5 Å². The van der Waals surface area contributed by atoms with Crippen LogP contribution in [0.25, 0.3) is 0 Å². The van der Waals surface area contributed by atoms with Gasteiger partial charge < -0.3 is 5.32 Å². The van der Waals surface area contributed by atoms with Gasteiger partial charge in [0.2, 0.25) is 0 Å². The molecular formula is C19H31N. The minimum absolute atomic E-state index is 0.435. The Bertz CT molecular complexity index is 443. The van der Waals surface area contributed by atoms with Crippen LogP contribution in [0.4, 0.5) is 0 Å². The zero-order chi connectivity index (χ0) is 15.0. The van der Waals surface area contributed by atoms with Gasteiger partial charge in [0.05, 0.1) is 0 Å². The third kappa shape index (κ3) is 4.09. The van der Waals surface area contributed by atoms with Gasteiger partial charge in [0.1, 0.15) is 0 Å². The minimum atomic E-state index is 0.435. The van der Waals surface area contributed by atoms with Gasteiger partial charge in [0.25, 0.3) is 0 Å². The normalized spacial score (nSPS) is 23.5. The SMILES string of the molecule is Cc1cccc(C(C)NC2CC(C)(C)CC(C)(C)C2)c1. The van der Waals surface area contributed by atoms with Crippen molar-refractivity contribution in [3.8, 4) is 0 Å². The smallest absolute Gasteiger partial charge is 0.0294 e. The summed E-state index contributed by atoms with van der Waals surface area (Å²) < 4.78 is 0. The Morgan fingerprint density at radius 3 is 2.25 bits per heavy atom. The molecule has 1 nitrogen and oxygen atoms in total. The fraction of sp³-hybridized carbons (Fsp3) is 0.684.